The van der Waals surface area contributed by atoms with E-state index >= 15 is 0 Å². The molecular formula is C14H17N3O4. The maximum atomic E-state index is 11.9. The number of carboxylic acids is 1. The number of pyridine rings is 1. The molecule has 2 heterocycles. The molecule has 0 atom stereocenters. The molecule has 7 heteroatoms. The topological polar surface area (TPSA) is 109 Å². The van der Waals surface area contributed by atoms with Crippen LogP contribution in [0.1, 0.15) is 31.9 Å². The van der Waals surface area contributed by atoms with Crippen LogP contribution < -0.4 is 5.43 Å². The van der Waals surface area contributed by atoms with Crippen LogP contribution in [-0.2, 0) is 11.2 Å². The lowest BCUT2D eigenvalue weighted by Crippen LogP contribution is -2.19. The minimum Gasteiger partial charge on any atom is -0.481 e. The third-order valence-corrected chi connectivity index (χ3v) is 3.01. The van der Waals surface area contributed by atoms with Crippen molar-refractivity contribution in [1.82, 2.24) is 15.2 Å². The van der Waals surface area contributed by atoms with E-state index in [4.69, 9.17) is 9.52 Å². The van der Waals surface area contributed by atoms with Crippen LogP contribution in [0.5, 0.6) is 0 Å². The number of H-pyrrole nitrogens is 1. The summed E-state index contributed by atoms with van der Waals surface area (Å²) in [5.74, 6) is -0.427. The van der Waals surface area contributed by atoms with Crippen LogP contribution >= 0.6 is 0 Å². The van der Waals surface area contributed by atoms with Crippen molar-refractivity contribution in [1.29, 1.82) is 0 Å². The van der Waals surface area contributed by atoms with Gasteiger partial charge in [0.2, 0.25) is 5.89 Å². The lowest BCUT2D eigenvalue weighted by atomic mass is 9.86. The number of hydrogen-bond acceptors (Lipinski definition) is 5. The lowest BCUT2D eigenvalue weighted by molar-refractivity contribution is -0.139. The smallest absolute Gasteiger partial charge is 0.303 e. The molecular weight excluding hydrogens is 274 g/mol. The number of hydrogen-bond donors (Lipinski definition) is 2. The minimum absolute atomic E-state index is 0.00414. The molecule has 2 aromatic rings. The van der Waals surface area contributed by atoms with Crippen molar-refractivity contribution in [3.05, 3.63) is 34.1 Å². The first-order valence-electron chi connectivity index (χ1n) is 6.51. The zero-order chi connectivity index (χ0) is 15.6. The van der Waals surface area contributed by atoms with Crippen LogP contribution in [0.2, 0.25) is 0 Å². The summed E-state index contributed by atoms with van der Waals surface area (Å²) in [4.78, 5) is 25.6. The van der Waals surface area contributed by atoms with E-state index in [2.05, 4.69) is 15.2 Å². The van der Waals surface area contributed by atoms with Crippen LogP contribution in [0.15, 0.2) is 21.5 Å². The number of aromatic nitrogens is 3. The van der Waals surface area contributed by atoms with Crippen LogP contribution in [0.3, 0.4) is 0 Å². The Labute approximate surface area is 121 Å². The zero-order valence-corrected chi connectivity index (χ0v) is 12.1. The highest BCUT2D eigenvalue weighted by atomic mass is 16.4. The molecule has 0 aliphatic heterocycles. The van der Waals surface area contributed by atoms with Crippen LogP contribution in [0, 0.1) is 12.3 Å². The first-order chi connectivity index (χ1) is 9.77. The summed E-state index contributed by atoms with van der Waals surface area (Å²) >= 11 is 0. The van der Waals surface area contributed by atoms with Crippen molar-refractivity contribution in [3.8, 4) is 11.5 Å². The SMILES string of the molecule is Cc1cc(=O)c(-c2nnc(CC(C)(C)CC(=O)O)o2)c[nH]1. The van der Waals surface area contributed by atoms with Gasteiger partial charge in [-0.15, -0.1) is 10.2 Å². The lowest BCUT2D eigenvalue weighted by Gasteiger charge is -2.19. The second-order valence-electron chi connectivity index (χ2n) is 5.81. The first kappa shape index (κ1) is 15.0. The summed E-state index contributed by atoms with van der Waals surface area (Å²) in [5.41, 5.74) is 0.336. The largest absolute Gasteiger partial charge is 0.481 e. The summed E-state index contributed by atoms with van der Waals surface area (Å²) in [6.07, 6.45) is 1.85. The van der Waals surface area contributed by atoms with E-state index in [-0.39, 0.29) is 17.7 Å². The Morgan fingerprint density at radius 2 is 2.14 bits per heavy atom. The Bertz CT molecular complexity index is 715. The Hall–Kier alpha value is -2.44. The Morgan fingerprint density at radius 1 is 1.43 bits per heavy atom. The minimum atomic E-state index is -0.880. The van der Waals surface area contributed by atoms with E-state index < -0.39 is 11.4 Å². The van der Waals surface area contributed by atoms with E-state index in [9.17, 15) is 9.59 Å². The molecule has 0 spiro atoms. The summed E-state index contributed by atoms with van der Waals surface area (Å²) < 4.78 is 5.47. The number of rotatable bonds is 5. The summed E-state index contributed by atoms with van der Waals surface area (Å²) in [7, 11) is 0. The molecule has 0 saturated carbocycles. The van der Waals surface area contributed by atoms with Gasteiger partial charge in [-0.3, -0.25) is 9.59 Å². The fraction of sp³-hybridized carbons (Fsp3) is 0.429. The van der Waals surface area contributed by atoms with Crippen LogP contribution in [-0.4, -0.2) is 26.3 Å². The van der Waals surface area contributed by atoms with E-state index in [0.717, 1.165) is 5.69 Å². The van der Waals surface area contributed by atoms with Gasteiger partial charge in [0, 0.05) is 24.4 Å². The Morgan fingerprint density at radius 3 is 2.76 bits per heavy atom. The highest BCUT2D eigenvalue weighted by Gasteiger charge is 2.25. The monoisotopic (exact) mass is 291 g/mol. The van der Waals surface area contributed by atoms with Gasteiger partial charge >= 0.3 is 5.97 Å². The molecule has 2 aromatic heterocycles. The molecule has 0 unspecified atom stereocenters. The molecule has 0 aromatic carbocycles. The number of carboxylic acid groups (broad SMARTS) is 1. The molecule has 0 aliphatic rings. The van der Waals surface area contributed by atoms with Gasteiger partial charge in [0.1, 0.15) is 5.56 Å². The quantitative estimate of drug-likeness (QED) is 0.869. The van der Waals surface area contributed by atoms with Crippen LogP contribution in [0.25, 0.3) is 11.5 Å². The number of nitrogens with zero attached hydrogens (tertiary/aromatic N) is 2. The van der Waals surface area contributed by atoms with Gasteiger partial charge in [0.25, 0.3) is 5.89 Å². The average Bonchev–Trinajstić information content (AvgIpc) is 2.74. The number of aryl methyl sites for hydroxylation is 1. The van der Waals surface area contributed by atoms with Gasteiger partial charge in [-0.25, -0.2) is 0 Å². The summed E-state index contributed by atoms with van der Waals surface area (Å²) in [6, 6.07) is 1.45. The molecule has 2 rings (SSSR count). The third-order valence-electron chi connectivity index (χ3n) is 3.01. The molecule has 0 aliphatic carbocycles. The van der Waals surface area contributed by atoms with Crippen molar-refractivity contribution in [2.45, 2.75) is 33.6 Å². The number of aliphatic carboxylic acids is 1. The number of aromatic amines is 1. The fourth-order valence-electron chi connectivity index (χ4n) is 2.06. The van der Waals surface area contributed by atoms with E-state index in [1.807, 2.05) is 13.8 Å². The van der Waals surface area contributed by atoms with Crippen molar-refractivity contribution in [2.75, 3.05) is 0 Å². The molecule has 2 N–H and O–H groups in total. The number of carbonyl (C=O) groups is 1. The second-order valence-corrected chi connectivity index (χ2v) is 5.81. The molecule has 7 nitrogen and oxygen atoms in total. The average molecular weight is 291 g/mol. The van der Waals surface area contributed by atoms with Crippen molar-refractivity contribution in [3.63, 3.8) is 0 Å². The van der Waals surface area contributed by atoms with Crippen molar-refractivity contribution in [2.24, 2.45) is 5.41 Å². The predicted molar refractivity (Wildman–Crippen MR) is 74.8 cm³/mol. The van der Waals surface area contributed by atoms with E-state index in [0.29, 0.717) is 17.9 Å². The molecule has 0 amide bonds. The van der Waals surface area contributed by atoms with Gasteiger partial charge < -0.3 is 14.5 Å². The first-order valence-corrected chi connectivity index (χ1v) is 6.51. The van der Waals surface area contributed by atoms with Crippen molar-refractivity contribution >= 4 is 5.97 Å². The fourth-order valence-corrected chi connectivity index (χ4v) is 2.06. The van der Waals surface area contributed by atoms with Crippen LogP contribution in [0.4, 0.5) is 0 Å². The highest BCUT2D eigenvalue weighted by Crippen LogP contribution is 2.26. The van der Waals surface area contributed by atoms with E-state index in [1.54, 1.807) is 6.92 Å². The van der Waals surface area contributed by atoms with Gasteiger partial charge in [-0.2, -0.15) is 0 Å². The molecule has 0 radical (unpaired) electrons. The Kier molecular flexibility index (Phi) is 3.93. The molecule has 21 heavy (non-hydrogen) atoms. The maximum absolute atomic E-state index is 11.9. The molecule has 0 bridgehead atoms. The molecule has 0 saturated heterocycles. The summed E-state index contributed by atoms with van der Waals surface area (Å²) in [5, 5.41) is 16.6. The van der Waals surface area contributed by atoms with E-state index in [1.165, 1.54) is 12.3 Å². The predicted octanol–water partition coefficient (Wildman–Crippen LogP) is 1.78. The van der Waals surface area contributed by atoms with Crippen molar-refractivity contribution < 1.29 is 14.3 Å². The normalized spacial score (nSPS) is 11.6. The second kappa shape index (κ2) is 5.51. The maximum Gasteiger partial charge on any atom is 0.303 e. The van der Waals surface area contributed by atoms with Gasteiger partial charge in [0.05, 0.1) is 6.42 Å². The number of nitrogens with one attached hydrogen (secondary N) is 1. The molecule has 0 fully saturated rings. The van der Waals surface area contributed by atoms with Gasteiger partial charge in [-0.1, -0.05) is 13.8 Å². The Balaban J connectivity index is 2.22. The highest BCUT2D eigenvalue weighted by molar-refractivity contribution is 5.67. The van der Waals surface area contributed by atoms with Gasteiger partial charge in [-0.05, 0) is 12.3 Å². The summed E-state index contributed by atoms with van der Waals surface area (Å²) in [6.45, 7) is 5.40. The molecule has 112 valence electrons. The standard InChI is InChI=1S/C14H17N3O4/c1-8-4-10(18)9(7-15-8)13-17-16-11(21-13)5-14(2,3)6-12(19)20/h4,7H,5-6H2,1-3H3,(H,15,18)(H,19,20). The zero-order valence-electron chi connectivity index (χ0n) is 12.1. The third kappa shape index (κ3) is 3.77. The van der Waals surface area contributed by atoms with Gasteiger partial charge in [0.15, 0.2) is 5.43 Å².